The van der Waals surface area contributed by atoms with E-state index in [0.29, 0.717) is 13.0 Å². The number of likely N-dealkylation sites (tertiary alicyclic amines) is 1. The molecule has 3 amide bonds. The third-order valence-electron chi connectivity index (χ3n) is 3.88. The first-order chi connectivity index (χ1) is 9.63. The second-order valence-electron chi connectivity index (χ2n) is 5.22. The molecule has 2 N–H and O–H groups in total. The Morgan fingerprint density at radius 1 is 1.50 bits per heavy atom. The van der Waals surface area contributed by atoms with E-state index in [-0.39, 0.29) is 36.4 Å². The summed E-state index contributed by atoms with van der Waals surface area (Å²) in [4.78, 5) is 25.2. The zero-order valence-electron chi connectivity index (χ0n) is 10.9. The van der Waals surface area contributed by atoms with Crippen LogP contribution >= 0.6 is 0 Å². The van der Waals surface area contributed by atoms with Crippen LogP contribution in [0.2, 0.25) is 0 Å². The molecular weight excluding hydrogens is 261 g/mol. The predicted octanol–water partition coefficient (Wildman–Crippen LogP) is 0.998. The molecule has 2 aliphatic heterocycles. The van der Waals surface area contributed by atoms with Gasteiger partial charge in [-0.25, -0.2) is 9.18 Å². The van der Waals surface area contributed by atoms with Crippen molar-refractivity contribution in [2.45, 2.75) is 31.5 Å². The van der Waals surface area contributed by atoms with Crippen LogP contribution in [-0.2, 0) is 11.3 Å². The first-order valence-corrected chi connectivity index (χ1v) is 6.72. The molecule has 0 bridgehead atoms. The smallest absolute Gasteiger partial charge is 0.318 e. The van der Waals surface area contributed by atoms with Gasteiger partial charge < -0.3 is 15.5 Å². The zero-order valence-corrected chi connectivity index (χ0v) is 10.9. The molecule has 2 aliphatic rings. The maximum atomic E-state index is 13.0. The highest BCUT2D eigenvalue weighted by atomic mass is 19.1. The van der Waals surface area contributed by atoms with Crippen LogP contribution < -0.4 is 10.6 Å². The third-order valence-corrected chi connectivity index (χ3v) is 3.88. The molecule has 0 aromatic heterocycles. The lowest BCUT2D eigenvalue weighted by Gasteiger charge is -2.23. The van der Waals surface area contributed by atoms with Gasteiger partial charge in [0.2, 0.25) is 5.91 Å². The zero-order chi connectivity index (χ0) is 14.1. The van der Waals surface area contributed by atoms with Crippen molar-refractivity contribution in [2.75, 3.05) is 6.54 Å². The maximum Gasteiger partial charge on any atom is 0.318 e. The summed E-state index contributed by atoms with van der Waals surface area (Å²) in [6.07, 6.45) is 1.17. The number of hydrogen-bond acceptors (Lipinski definition) is 2. The topological polar surface area (TPSA) is 61.4 Å². The van der Waals surface area contributed by atoms with E-state index in [4.69, 9.17) is 0 Å². The van der Waals surface area contributed by atoms with Gasteiger partial charge in [0.25, 0.3) is 0 Å². The molecule has 6 heteroatoms. The molecule has 106 valence electrons. The molecule has 3 rings (SSSR count). The number of nitrogens with zero attached hydrogens (tertiary/aromatic N) is 1. The van der Waals surface area contributed by atoms with E-state index in [2.05, 4.69) is 10.6 Å². The van der Waals surface area contributed by atoms with Crippen LogP contribution in [0.25, 0.3) is 0 Å². The second kappa shape index (κ2) is 5.11. The minimum atomic E-state index is -0.316. The quantitative estimate of drug-likeness (QED) is 0.847. The Morgan fingerprint density at radius 2 is 2.35 bits per heavy atom. The van der Waals surface area contributed by atoms with Crippen molar-refractivity contribution < 1.29 is 14.0 Å². The molecule has 1 aromatic rings. The molecule has 0 radical (unpaired) electrons. The van der Waals surface area contributed by atoms with Gasteiger partial charge in [0.1, 0.15) is 5.82 Å². The third kappa shape index (κ3) is 2.45. The number of amides is 3. The van der Waals surface area contributed by atoms with Crippen molar-refractivity contribution in [1.82, 2.24) is 15.5 Å². The summed E-state index contributed by atoms with van der Waals surface area (Å²) in [5, 5.41) is 5.65. The summed E-state index contributed by atoms with van der Waals surface area (Å²) >= 11 is 0. The van der Waals surface area contributed by atoms with E-state index < -0.39 is 0 Å². The molecule has 2 heterocycles. The van der Waals surface area contributed by atoms with Gasteiger partial charge in [0.05, 0.1) is 12.1 Å². The van der Waals surface area contributed by atoms with E-state index in [1.54, 1.807) is 17.0 Å². The van der Waals surface area contributed by atoms with Crippen molar-refractivity contribution in [3.63, 3.8) is 0 Å². The predicted molar refractivity (Wildman–Crippen MR) is 70.3 cm³/mol. The number of rotatable bonds is 2. The molecule has 0 aliphatic carbocycles. The maximum absolute atomic E-state index is 13.0. The van der Waals surface area contributed by atoms with Crippen LogP contribution in [0.15, 0.2) is 24.3 Å². The summed E-state index contributed by atoms with van der Waals surface area (Å²) in [6, 6.07) is 5.98. The van der Waals surface area contributed by atoms with Crippen molar-refractivity contribution in [3.05, 3.63) is 35.6 Å². The number of fused-ring (bicyclic) bond motifs is 1. The largest absolute Gasteiger partial charge is 0.351 e. The molecule has 2 saturated heterocycles. The first-order valence-electron chi connectivity index (χ1n) is 6.72. The Labute approximate surface area is 116 Å². The normalized spacial score (nSPS) is 24.4. The van der Waals surface area contributed by atoms with Gasteiger partial charge in [-0.15, -0.1) is 0 Å². The lowest BCUT2D eigenvalue weighted by molar-refractivity contribution is -0.119. The number of halogens is 1. The van der Waals surface area contributed by atoms with E-state index in [0.717, 1.165) is 12.0 Å². The van der Waals surface area contributed by atoms with Crippen LogP contribution in [0.4, 0.5) is 9.18 Å². The Hall–Kier alpha value is -2.11. The standard InChI is InChI=1S/C14H16FN3O2/c15-10-3-1-2-9(6-10)8-16-14(20)18-5-4-11-12(18)7-13(19)17-11/h1-3,6,11-12H,4-5,7-8H2,(H,16,20)(H,17,19)/t11-,12+/m0/s1. The van der Waals surface area contributed by atoms with Crippen LogP contribution in [-0.4, -0.2) is 35.5 Å². The summed E-state index contributed by atoms with van der Waals surface area (Å²) < 4.78 is 13.0. The monoisotopic (exact) mass is 277 g/mol. The molecule has 0 unspecified atom stereocenters. The van der Waals surface area contributed by atoms with E-state index in [1.807, 2.05) is 0 Å². The fourth-order valence-electron chi connectivity index (χ4n) is 2.91. The molecule has 0 spiro atoms. The lowest BCUT2D eigenvalue weighted by Crippen LogP contribution is -2.44. The molecule has 1 aromatic carbocycles. The molecule has 5 nitrogen and oxygen atoms in total. The Bertz CT molecular complexity index is 549. The minimum absolute atomic E-state index is 0.00244. The number of carbonyl (C=O) groups is 2. The first kappa shape index (κ1) is 12.9. The average molecular weight is 277 g/mol. The Morgan fingerprint density at radius 3 is 3.15 bits per heavy atom. The Kier molecular flexibility index (Phi) is 3.30. The molecule has 20 heavy (non-hydrogen) atoms. The van der Waals surface area contributed by atoms with Crippen LogP contribution in [0.3, 0.4) is 0 Å². The van der Waals surface area contributed by atoms with Crippen LogP contribution in [0, 0.1) is 5.82 Å². The molecule has 0 saturated carbocycles. The number of hydrogen-bond donors (Lipinski definition) is 2. The van der Waals surface area contributed by atoms with E-state index in [1.165, 1.54) is 12.1 Å². The molecule has 2 atom stereocenters. The van der Waals surface area contributed by atoms with Gasteiger partial charge >= 0.3 is 6.03 Å². The second-order valence-corrected chi connectivity index (χ2v) is 5.22. The minimum Gasteiger partial charge on any atom is -0.351 e. The lowest BCUT2D eigenvalue weighted by atomic mass is 10.1. The van der Waals surface area contributed by atoms with Gasteiger partial charge in [-0.05, 0) is 24.1 Å². The number of urea groups is 1. The number of carbonyl (C=O) groups excluding carboxylic acids is 2. The van der Waals surface area contributed by atoms with Gasteiger partial charge in [0.15, 0.2) is 0 Å². The highest BCUT2D eigenvalue weighted by Gasteiger charge is 2.43. The van der Waals surface area contributed by atoms with Gasteiger partial charge in [-0.3, -0.25) is 4.79 Å². The fourth-order valence-corrected chi connectivity index (χ4v) is 2.91. The van der Waals surface area contributed by atoms with Gasteiger partial charge in [0, 0.05) is 19.5 Å². The summed E-state index contributed by atoms with van der Waals surface area (Å²) in [5.41, 5.74) is 0.717. The average Bonchev–Trinajstić information content (AvgIpc) is 2.95. The summed E-state index contributed by atoms with van der Waals surface area (Å²) in [7, 11) is 0. The van der Waals surface area contributed by atoms with Crippen LogP contribution in [0.1, 0.15) is 18.4 Å². The van der Waals surface area contributed by atoms with Crippen molar-refractivity contribution in [2.24, 2.45) is 0 Å². The fraction of sp³-hybridized carbons (Fsp3) is 0.429. The molecule has 2 fully saturated rings. The number of benzene rings is 1. The van der Waals surface area contributed by atoms with Crippen molar-refractivity contribution in [1.29, 1.82) is 0 Å². The van der Waals surface area contributed by atoms with Crippen LogP contribution in [0.5, 0.6) is 0 Å². The Balaban J connectivity index is 1.58. The highest BCUT2D eigenvalue weighted by molar-refractivity contribution is 5.82. The molecular formula is C14H16FN3O2. The highest BCUT2D eigenvalue weighted by Crippen LogP contribution is 2.25. The van der Waals surface area contributed by atoms with Crippen molar-refractivity contribution >= 4 is 11.9 Å². The van der Waals surface area contributed by atoms with Gasteiger partial charge in [-0.1, -0.05) is 12.1 Å². The van der Waals surface area contributed by atoms with Gasteiger partial charge in [-0.2, -0.15) is 0 Å². The summed E-state index contributed by atoms with van der Waals surface area (Å²) in [5.74, 6) is -0.314. The van der Waals surface area contributed by atoms with Crippen molar-refractivity contribution in [3.8, 4) is 0 Å². The van der Waals surface area contributed by atoms with E-state index >= 15 is 0 Å². The van der Waals surface area contributed by atoms with E-state index in [9.17, 15) is 14.0 Å². The number of nitrogens with one attached hydrogen (secondary N) is 2. The summed E-state index contributed by atoms with van der Waals surface area (Å²) in [6.45, 7) is 0.927. The SMILES string of the molecule is O=C1C[C@@H]2[C@H](CCN2C(=O)NCc2cccc(F)c2)N1.